The summed E-state index contributed by atoms with van der Waals surface area (Å²) in [5.41, 5.74) is 3.67. The Kier molecular flexibility index (Phi) is 7.91. The van der Waals surface area contributed by atoms with Crippen molar-refractivity contribution in [3.05, 3.63) is 40.9 Å². The average molecular weight is 356 g/mol. The van der Waals surface area contributed by atoms with Gasteiger partial charge in [-0.25, -0.2) is 0 Å². The van der Waals surface area contributed by atoms with Crippen LogP contribution in [0.1, 0.15) is 18.9 Å². The first-order valence-electron chi connectivity index (χ1n) is 6.27. The highest BCUT2D eigenvalue weighted by Crippen LogP contribution is 2.25. The van der Waals surface area contributed by atoms with Gasteiger partial charge in [-0.2, -0.15) is 5.10 Å². The molecule has 0 radical (unpaired) electrons. The summed E-state index contributed by atoms with van der Waals surface area (Å²) in [5, 5.41) is 7.44. The van der Waals surface area contributed by atoms with E-state index < -0.39 is 0 Å². The van der Waals surface area contributed by atoms with E-state index in [1.54, 1.807) is 12.3 Å². The van der Waals surface area contributed by atoms with Crippen LogP contribution in [0.5, 0.6) is 5.75 Å². The lowest BCUT2D eigenvalue weighted by Crippen LogP contribution is -2.31. The zero-order valence-electron chi connectivity index (χ0n) is 11.4. The van der Waals surface area contributed by atoms with E-state index in [0.717, 1.165) is 22.2 Å². The second-order valence-corrected chi connectivity index (χ2v) is 5.17. The highest BCUT2D eigenvalue weighted by molar-refractivity contribution is 9.10. The van der Waals surface area contributed by atoms with Gasteiger partial charge >= 0.3 is 0 Å². The van der Waals surface area contributed by atoms with Gasteiger partial charge in [0.2, 0.25) is 0 Å². The first-order valence-corrected chi connectivity index (χ1v) is 7.47. The maximum absolute atomic E-state index is 5.58. The molecule has 0 aliphatic rings. The molecule has 0 fully saturated rings. The Morgan fingerprint density at radius 1 is 1.55 bits per heavy atom. The van der Waals surface area contributed by atoms with E-state index in [1.807, 2.05) is 18.2 Å². The molecule has 0 spiro atoms. The van der Waals surface area contributed by atoms with Gasteiger partial charge in [-0.05, 0) is 58.3 Å². The van der Waals surface area contributed by atoms with Gasteiger partial charge in [-0.15, -0.1) is 6.58 Å². The van der Waals surface area contributed by atoms with Gasteiger partial charge < -0.3 is 10.1 Å². The Morgan fingerprint density at radius 2 is 2.35 bits per heavy atom. The first kappa shape index (κ1) is 16.7. The number of hydrogen-bond donors (Lipinski definition) is 2. The Morgan fingerprint density at radius 3 is 3.00 bits per heavy atom. The fourth-order valence-corrected chi connectivity index (χ4v) is 1.94. The van der Waals surface area contributed by atoms with Gasteiger partial charge in [0.05, 0.1) is 17.3 Å². The molecular weight excluding hydrogens is 338 g/mol. The molecule has 1 aromatic carbocycles. The van der Waals surface area contributed by atoms with E-state index in [1.165, 1.54) is 0 Å². The van der Waals surface area contributed by atoms with Crippen LogP contribution in [0.2, 0.25) is 0 Å². The third-order valence-electron chi connectivity index (χ3n) is 2.20. The quantitative estimate of drug-likeness (QED) is 0.341. The molecule has 0 aromatic heterocycles. The second kappa shape index (κ2) is 9.50. The van der Waals surface area contributed by atoms with Gasteiger partial charge in [-0.3, -0.25) is 5.43 Å². The molecule has 0 bridgehead atoms. The SMILES string of the molecule is C=CCNC(=S)N/N=C/c1ccc(OCCC)c(Br)c1. The van der Waals surface area contributed by atoms with E-state index in [0.29, 0.717) is 18.3 Å². The average Bonchev–Trinajstić information content (AvgIpc) is 2.44. The summed E-state index contributed by atoms with van der Waals surface area (Å²) in [6, 6.07) is 5.78. The Hall–Kier alpha value is -1.40. The van der Waals surface area contributed by atoms with Crippen LogP contribution < -0.4 is 15.5 Å². The Labute approximate surface area is 133 Å². The molecule has 0 heterocycles. The van der Waals surface area contributed by atoms with Crippen LogP contribution in [0, 0.1) is 0 Å². The summed E-state index contributed by atoms with van der Waals surface area (Å²) in [7, 11) is 0. The zero-order valence-corrected chi connectivity index (χ0v) is 13.8. The largest absolute Gasteiger partial charge is 0.492 e. The van der Waals surface area contributed by atoms with Crippen molar-refractivity contribution in [3.63, 3.8) is 0 Å². The predicted molar refractivity (Wildman–Crippen MR) is 91.5 cm³/mol. The molecule has 0 aliphatic carbocycles. The third kappa shape index (κ3) is 6.16. The van der Waals surface area contributed by atoms with Crippen LogP contribution in [-0.4, -0.2) is 24.5 Å². The molecular formula is C14H18BrN3OS. The topological polar surface area (TPSA) is 45.7 Å². The van der Waals surface area contributed by atoms with Crippen LogP contribution in [0.4, 0.5) is 0 Å². The number of nitrogens with zero attached hydrogens (tertiary/aromatic N) is 1. The highest BCUT2D eigenvalue weighted by Gasteiger charge is 2.01. The minimum absolute atomic E-state index is 0.461. The number of ether oxygens (including phenoxy) is 1. The lowest BCUT2D eigenvalue weighted by molar-refractivity contribution is 0.315. The summed E-state index contributed by atoms with van der Waals surface area (Å²) in [4.78, 5) is 0. The van der Waals surface area contributed by atoms with E-state index in [2.05, 4.69) is 45.3 Å². The van der Waals surface area contributed by atoms with Gasteiger partial charge in [0.1, 0.15) is 5.75 Å². The van der Waals surface area contributed by atoms with E-state index in [4.69, 9.17) is 17.0 Å². The molecule has 6 heteroatoms. The van der Waals surface area contributed by atoms with Crippen molar-refractivity contribution in [3.8, 4) is 5.75 Å². The summed E-state index contributed by atoms with van der Waals surface area (Å²) in [5.74, 6) is 0.833. The minimum atomic E-state index is 0.461. The number of hydrazone groups is 1. The van der Waals surface area contributed by atoms with Crippen LogP contribution in [0.25, 0.3) is 0 Å². The fraction of sp³-hybridized carbons (Fsp3) is 0.286. The standard InChI is InChI=1S/C14H18BrN3OS/c1-3-7-16-14(20)18-17-10-11-5-6-13(12(15)9-11)19-8-4-2/h3,5-6,9-10H,1,4,7-8H2,2H3,(H2,16,18,20)/b17-10+. The monoisotopic (exact) mass is 355 g/mol. The van der Waals surface area contributed by atoms with Crippen LogP contribution in [0.3, 0.4) is 0 Å². The van der Waals surface area contributed by atoms with Gasteiger partial charge in [0, 0.05) is 6.54 Å². The molecule has 0 amide bonds. The summed E-state index contributed by atoms with van der Waals surface area (Å²) < 4.78 is 6.49. The maximum atomic E-state index is 5.58. The van der Waals surface area contributed by atoms with Crippen LogP contribution >= 0.6 is 28.1 Å². The molecule has 0 unspecified atom stereocenters. The van der Waals surface area contributed by atoms with Crippen LogP contribution in [0.15, 0.2) is 40.4 Å². The lowest BCUT2D eigenvalue weighted by atomic mass is 10.2. The van der Waals surface area contributed by atoms with E-state index >= 15 is 0 Å². The maximum Gasteiger partial charge on any atom is 0.187 e. The number of hydrogen-bond acceptors (Lipinski definition) is 3. The number of benzene rings is 1. The van der Waals surface area contributed by atoms with E-state index in [9.17, 15) is 0 Å². The number of halogens is 1. The smallest absolute Gasteiger partial charge is 0.187 e. The van der Waals surface area contributed by atoms with Crippen molar-refractivity contribution in [2.45, 2.75) is 13.3 Å². The van der Waals surface area contributed by atoms with Crippen molar-refractivity contribution in [1.82, 2.24) is 10.7 Å². The molecule has 0 saturated carbocycles. The zero-order chi connectivity index (χ0) is 14.8. The Balaban J connectivity index is 2.53. The fourth-order valence-electron chi connectivity index (χ4n) is 1.30. The Bertz CT molecular complexity index is 491. The van der Waals surface area contributed by atoms with Crippen molar-refractivity contribution in [2.24, 2.45) is 5.10 Å². The molecule has 108 valence electrons. The number of nitrogens with one attached hydrogen (secondary N) is 2. The molecule has 0 saturated heterocycles. The molecule has 1 aromatic rings. The molecule has 20 heavy (non-hydrogen) atoms. The molecule has 4 nitrogen and oxygen atoms in total. The highest BCUT2D eigenvalue weighted by atomic mass is 79.9. The van der Waals surface area contributed by atoms with E-state index in [-0.39, 0.29) is 0 Å². The van der Waals surface area contributed by atoms with Crippen molar-refractivity contribution in [1.29, 1.82) is 0 Å². The van der Waals surface area contributed by atoms with Gasteiger partial charge in [-0.1, -0.05) is 13.0 Å². The molecule has 2 N–H and O–H groups in total. The van der Waals surface area contributed by atoms with Crippen molar-refractivity contribution >= 4 is 39.5 Å². The number of rotatable bonds is 7. The third-order valence-corrected chi connectivity index (χ3v) is 3.06. The number of thiocarbonyl (C=S) groups is 1. The van der Waals surface area contributed by atoms with Crippen molar-refractivity contribution < 1.29 is 4.74 Å². The minimum Gasteiger partial charge on any atom is -0.492 e. The van der Waals surface area contributed by atoms with Crippen LogP contribution in [-0.2, 0) is 0 Å². The lowest BCUT2D eigenvalue weighted by Gasteiger charge is -2.07. The molecule has 1 rings (SSSR count). The molecule has 0 atom stereocenters. The van der Waals surface area contributed by atoms with Crippen molar-refractivity contribution in [2.75, 3.05) is 13.2 Å². The van der Waals surface area contributed by atoms with Gasteiger partial charge in [0.15, 0.2) is 5.11 Å². The second-order valence-electron chi connectivity index (χ2n) is 3.91. The summed E-state index contributed by atoms with van der Waals surface area (Å²) in [6.45, 7) is 6.98. The predicted octanol–water partition coefficient (Wildman–Crippen LogP) is 3.22. The normalized spacial score (nSPS) is 10.3. The summed E-state index contributed by atoms with van der Waals surface area (Å²) >= 11 is 8.49. The summed E-state index contributed by atoms with van der Waals surface area (Å²) in [6.07, 6.45) is 4.40. The van der Waals surface area contributed by atoms with Gasteiger partial charge in [0.25, 0.3) is 0 Å². The molecule has 0 aliphatic heterocycles. The first-order chi connectivity index (χ1) is 9.67.